The minimum absolute atomic E-state index is 0.0483. The Morgan fingerprint density at radius 3 is 2.72 bits per heavy atom. The van der Waals surface area contributed by atoms with Crippen molar-refractivity contribution in [2.24, 2.45) is 5.92 Å². The molecule has 2 aromatic rings. The fourth-order valence-electron chi connectivity index (χ4n) is 4.80. The van der Waals surface area contributed by atoms with Crippen molar-refractivity contribution < 1.29 is 14.7 Å². The van der Waals surface area contributed by atoms with Crippen molar-refractivity contribution in [1.29, 1.82) is 0 Å². The fourth-order valence-corrected chi connectivity index (χ4v) is 6.02. The number of rotatable bonds is 5. The predicted molar refractivity (Wildman–Crippen MR) is 110 cm³/mol. The molecule has 5 rings (SSSR count). The third kappa shape index (κ3) is 3.45. The molecule has 0 unspecified atom stereocenters. The number of aromatic nitrogens is 2. The molecule has 1 N–H and O–H groups in total. The molecular formula is C22H25N3O3S. The summed E-state index contributed by atoms with van der Waals surface area (Å²) in [6.07, 6.45) is 3.89. The zero-order chi connectivity index (χ0) is 20.1. The van der Waals surface area contributed by atoms with Gasteiger partial charge in [-0.25, -0.2) is 4.79 Å². The predicted octanol–water partition coefficient (Wildman–Crippen LogP) is 3.33. The normalized spacial score (nSPS) is 23.0. The van der Waals surface area contributed by atoms with Gasteiger partial charge in [0.25, 0.3) is 0 Å². The molecule has 1 aliphatic heterocycles. The summed E-state index contributed by atoms with van der Waals surface area (Å²) in [6, 6.07) is 8.44. The van der Waals surface area contributed by atoms with Crippen LogP contribution >= 0.6 is 11.8 Å². The van der Waals surface area contributed by atoms with Crippen molar-refractivity contribution in [3.8, 4) is 0 Å². The van der Waals surface area contributed by atoms with E-state index in [1.54, 1.807) is 4.68 Å². The first-order valence-corrected chi connectivity index (χ1v) is 11.2. The van der Waals surface area contributed by atoms with Crippen LogP contribution in [0.4, 0.5) is 0 Å². The van der Waals surface area contributed by atoms with Crippen LogP contribution in [0, 0.1) is 12.8 Å². The van der Waals surface area contributed by atoms with Crippen molar-refractivity contribution in [3.63, 3.8) is 0 Å². The van der Waals surface area contributed by atoms with Gasteiger partial charge in [0, 0.05) is 34.5 Å². The van der Waals surface area contributed by atoms with E-state index in [2.05, 4.69) is 36.3 Å². The number of hydrogen-bond donors (Lipinski definition) is 1. The smallest absolute Gasteiger partial charge is 0.356 e. The average molecular weight is 412 g/mol. The van der Waals surface area contributed by atoms with Crippen molar-refractivity contribution in [1.82, 2.24) is 14.7 Å². The Balaban J connectivity index is 1.21. The van der Waals surface area contributed by atoms with Crippen LogP contribution in [0.25, 0.3) is 0 Å². The summed E-state index contributed by atoms with van der Waals surface area (Å²) in [5.74, 6) is -0.00738. The Kier molecular flexibility index (Phi) is 4.65. The quantitative estimate of drug-likeness (QED) is 0.817. The number of carbonyl (C=O) groups excluding carboxylic acids is 1. The number of carbonyl (C=O) groups is 2. The van der Waals surface area contributed by atoms with Crippen LogP contribution < -0.4 is 0 Å². The average Bonchev–Trinajstić information content (AvgIpc) is 3.23. The zero-order valence-electron chi connectivity index (χ0n) is 16.5. The lowest BCUT2D eigenvalue weighted by molar-refractivity contribution is -0.132. The van der Waals surface area contributed by atoms with Gasteiger partial charge in [0.2, 0.25) is 5.91 Å². The number of fused-ring (bicyclic) bond motifs is 3. The summed E-state index contributed by atoms with van der Waals surface area (Å²) in [4.78, 5) is 27.7. The third-order valence-corrected chi connectivity index (χ3v) is 8.03. The van der Waals surface area contributed by atoms with E-state index >= 15 is 0 Å². The Labute approximate surface area is 174 Å². The van der Waals surface area contributed by atoms with Crippen LogP contribution in [0.2, 0.25) is 0 Å². The lowest BCUT2D eigenvalue weighted by Gasteiger charge is -2.32. The number of nitrogens with zero attached hydrogens (tertiary/aromatic N) is 3. The van der Waals surface area contributed by atoms with E-state index in [0.717, 1.165) is 50.0 Å². The van der Waals surface area contributed by atoms with Crippen molar-refractivity contribution >= 4 is 23.6 Å². The molecule has 1 amide bonds. The van der Waals surface area contributed by atoms with Gasteiger partial charge < -0.3 is 10.0 Å². The van der Waals surface area contributed by atoms with Gasteiger partial charge in [-0.2, -0.15) is 5.10 Å². The highest BCUT2D eigenvalue weighted by atomic mass is 32.2. The molecule has 1 saturated carbocycles. The molecule has 2 atom stereocenters. The zero-order valence-corrected chi connectivity index (χ0v) is 17.3. The summed E-state index contributed by atoms with van der Waals surface area (Å²) in [7, 11) is 0. The van der Waals surface area contributed by atoms with E-state index in [0.29, 0.717) is 17.1 Å². The summed E-state index contributed by atoms with van der Waals surface area (Å²) >= 11 is 1.92. The van der Waals surface area contributed by atoms with Gasteiger partial charge >= 0.3 is 5.97 Å². The number of carboxylic acids is 1. The highest BCUT2D eigenvalue weighted by Crippen LogP contribution is 2.57. The van der Waals surface area contributed by atoms with Gasteiger partial charge in [0.05, 0.1) is 0 Å². The minimum Gasteiger partial charge on any atom is -0.476 e. The van der Waals surface area contributed by atoms with Crippen LogP contribution in [0.15, 0.2) is 29.2 Å². The Bertz CT molecular complexity index is 978. The van der Waals surface area contributed by atoms with E-state index in [4.69, 9.17) is 0 Å². The van der Waals surface area contributed by atoms with Crippen molar-refractivity contribution in [3.05, 3.63) is 46.8 Å². The molecule has 1 aromatic heterocycles. The lowest BCUT2D eigenvalue weighted by Crippen LogP contribution is -2.41. The number of carboxylic acid groups (broad SMARTS) is 1. The van der Waals surface area contributed by atoms with E-state index in [1.165, 1.54) is 10.5 Å². The first kappa shape index (κ1) is 18.7. The second kappa shape index (κ2) is 7.20. The van der Waals surface area contributed by atoms with Crippen LogP contribution in [0.1, 0.15) is 52.5 Å². The standard InChI is InChI=1S/C22H25N3O3S/c1-13-4-2-3-5-18(13)29-15-6-8-24(9-7-15)19(26)12-25-17-11-14-10-16(14)20(17)21(23-25)22(27)28/h2-5,14-16H,6-12H2,1H3,(H,27,28)/t14-,16-/m1/s1. The summed E-state index contributed by atoms with van der Waals surface area (Å²) in [5.41, 5.74) is 3.33. The number of hydrogen-bond acceptors (Lipinski definition) is 4. The molecular weight excluding hydrogens is 386 g/mol. The van der Waals surface area contributed by atoms with Gasteiger partial charge in [-0.1, -0.05) is 18.2 Å². The first-order valence-electron chi connectivity index (χ1n) is 10.3. The third-order valence-electron chi connectivity index (χ3n) is 6.52. The van der Waals surface area contributed by atoms with Crippen molar-refractivity contribution in [2.45, 2.75) is 55.2 Å². The Morgan fingerprint density at radius 2 is 2.00 bits per heavy atom. The number of thioether (sulfide) groups is 1. The number of aryl methyl sites for hydroxylation is 1. The molecule has 2 heterocycles. The molecule has 1 saturated heterocycles. The van der Waals surface area contributed by atoms with Gasteiger partial charge in [0.15, 0.2) is 5.69 Å². The van der Waals surface area contributed by atoms with Crippen LogP contribution in [0.3, 0.4) is 0 Å². The van der Waals surface area contributed by atoms with Gasteiger partial charge in [-0.3, -0.25) is 9.48 Å². The topological polar surface area (TPSA) is 75.4 Å². The van der Waals surface area contributed by atoms with Crippen LogP contribution in [0.5, 0.6) is 0 Å². The molecule has 2 aliphatic carbocycles. The van der Waals surface area contributed by atoms with Crippen LogP contribution in [-0.2, 0) is 17.8 Å². The van der Waals surface area contributed by atoms with E-state index in [9.17, 15) is 14.7 Å². The summed E-state index contributed by atoms with van der Waals surface area (Å²) in [5, 5.41) is 14.3. The van der Waals surface area contributed by atoms with Gasteiger partial charge in [-0.15, -0.1) is 11.8 Å². The molecule has 3 aliphatic rings. The monoisotopic (exact) mass is 411 g/mol. The SMILES string of the molecule is Cc1ccccc1SC1CCN(C(=O)Cn2nc(C(=O)O)c3c2C[C@H]2C[C@@H]32)CC1. The molecule has 0 bridgehead atoms. The molecule has 6 nitrogen and oxygen atoms in total. The highest BCUT2D eigenvalue weighted by molar-refractivity contribution is 8.00. The van der Waals surface area contributed by atoms with E-state index in [1.807, 2.05) is 16.7 Å². The molecule has 152 valence electrons. The van der Waals surface area contributed by atoms with E-state index in [-0.39, 0.29) is 18.1 Å². The largest absolute Gasteiger partial charge is 0.476 e. The lowest BCUT2D eigenvalue weighted by atomic mass is 10.1. The fraction of sp³-hybridized carbons (Fsp3) is 0.500. The minimum atomic E-state index is -0.978. The number of amides is 1. The molecule has 2 fully saturated rings. The maximum atomic E-state index is 12.9. The number of benzene rings is 1. The second-order valence-corrected chi connectivity index (χ2v) is 9.78. The second-order valence-electron chi connectivity index (χ2n) is 8.44. The number of piperidine rings is 1. The first-order chi connectivity index (χ1) is 14.0. The van der Waals surface area contributed by atoms with Gasteiger partial charge in [0.1, 0.15) is 6.54 Å². The maximum absolute atomic E-state index is 12.9. The Morgan fingerprint density at radius 1 is 1.24 bits per heavy atom. The molecule has 29 heavy (non-hydrogen) atoms. The maximum Gasteiger partial charge on any atom is 0.356 e. The molecule has 0 spiro atoms. The molecule has 1 aromatic carbocycles. The number of likely N-dealkylation sites (tertiary alicyclic amines) is 1. The van der Waals surface area contributed by atoms with E-state index < -0.39 is 5.97 Å². The van der Waals surface area contributed by atoms with Crippen molar-refractivity contribution in [2.75, 3.05) is 13.1 Å². The molecule has 0 radical (unpaired) electrons. The highest BCUT2D eigenvalue weighted by Gasteiger charge is 2.50. The van der Waals surface area contributed by atoms with Gasteiger partial charge in [-0.05, 0) is 56.1 Å². The Hall–Kier alpha value is -2.28. The van der Waals surface area contributed by atoms with Crippen LogP contribution in [-0.4, -0.2) is 50.0 Å². The summed E-state index contributed by atoms with van der Waals surface area (Å²) < 4.78 is 1.67. The molecule has 7 heteroatoms. The summed E-state index contributed by atoms with van der Waals surface area (Å²) in [6.45, 7) is 3.80. The number of aromatic carboxylic acids is 1.